The summed E-state index contributed by atoms with van der Waals surface area (Å²) in [6.45, 7) is 3.20. The monoisotopic (exact) mass is 512 g/mol. The molecule has 11 heteroatoms. The normalized spacial score (nSPS) is 15.2. The third-order valence-electron chi connectivity index (χ3n) is 5.79. The van der Waals surface area contributed by atoms with E-state index < -0.39 is 29.6 Å². The molecule has 0 unspecified atom stereocenters. The summed E-state index contributed by atoms with van der Waals surface area (Å²) in [5, 5.41) is 2.73. The maximum atomic E-state index is 13.3. The number of pyridine rings is 1. The largest absolute Gasteiger partial charge is 0.573 e. The first kappa shape index (κ1) is 25.7. The van der Waals surface area contributed by atoms with Gasteiger partial charge in [0.05, 0.1) is 12.1 Å². The Kier molecular flexibility index (Phi) is 6.88. The molecule has 0 radical (unpaired) electrons. The van der Waals surface area contributed by atoms with Gasteiger partial charge in [0, 0.05) is 12.7 Å². The third kappa shape index (κ3) is 5.88. The van der Waals surface area contributed by atoms with Crippen molar-refractivity contribution in [1.82, 2.24) is 9.88 Å². The van der Waals surface area contributed by atoms with Gasteiger partial charge in [-0.25, -0.2) is 14.7 Å². The van der Waals surface area contributed by atoms with Crippen molar-refractivity contribution < 1.29 is 32.3 Å². The number of ether oxygens (including phenoxy) is 1. The molecule has 1 aliphatic heterocycles. The van der Waals surface area contributed by atoms with Crippen LogP contribution in [0.5, 0.6) is 5.75 Å². The van der Waals surface area contributed by atoms with Crippen molar-refractivity contribution in [2.24, 2.45) is 0 Å². The molecule has 192 valence electrons. The number of halogens is 3. The van der Waals surface area contributed by atoms with Crippen LogP contribution >= 0.6 is 0 Å². The highest BCUT2D eigenvalue weighted by molar-refractivity contribution is 6.22. The Labute approximate surface area is 210 Å². The molecule has 1 aliphatic rings. The maximum Gasteiger partial charge on any atom is 0.573 e. The van der Waals surface area contributed by atoms with Gasteiger partial charge in [0.25, 0.3) is 5.91 Å². The zero-order valence-electron chi connectivity index (χ0n) is 20.0. The van der Waals surface area contributed by atoms with Crippen molar-refractivity contribution in [3.05, 3.63) is 84.1 Å². The molecule has 1 saturated heterocycles. The number of imide groups is 1. The van der Waals surface area contributed by atoms with Crippen LogP contribution in [0.25, 0.3) is 0 Å². The zero-order chi connectivity index (χ0) is 26.8. The van der Waals surface area contributed by atoms with Gasteiger partial charge >= 0.3 is 12.4 Å². The standard InChI is InChI=1S/C26H23F3N4O4/c1-25(2)23(35)33(19-8-10-20(11-9-19)37-26(27,28)29)24(36)32(25)16-18-12-13-30-21(14-18)31-22(34)15-17-6-4-3-5-7-17/h3-14H,15-16H2,1-2H3,(H,30,31,34). The molecule has 0 saturated carbocycles. The van der Waals surface area contributed by atoms with Crippen molar-refractivity contribution in [1.29, 1.82) is 0 Å². The Bertz CT molecular complexity index is 1310. The molecule has 0 bridgehead atoms. The summed E-state index contributed by atoms with van der Waals surface area (Å²) in [5.41, 5.74) is 0.342. The molecular formula is C26H23F3N4O4. The number of carbonyl (C=O) groups excluding carboxylic acids is 3. The Morgan fingerprint density at radius 3 is 2.32 bits per heavy atom. The van der Waals surface area contributed by atoms with Crippen molar-refractivity contribution in [3.63, 3.8) is 0 Å². The van der Waals surface area contributed by atoms with E-state index in [9.17, 15) is 27.6 Å². The highest BCUT2D eigenvalue weighted by atomic mass is 19.4. The number of rotatable bonds is 7. The first-order chi connectivity index (χ1) is 17.4. The SMILES string of the molecule is CC1(C)C(=O)N(c2ccc(OC(F)(F)F)cc2)C(=O)N1Cc1ccnc(NC(=O)Cc2ccccc2)c1. The number of aromatic nitrogens is 1. The van der Waals surface area contributed by atoms with Gasteiger partial charge in [-0.2, -0.15) is 0 Å². The van der Waals surface area contributed by atoms with Crippen LogP contribution in [0.3, 0.4) is 0 Å². The molecule has 1 aromatic heterocycles. The van der Waals surface area contributed by atoms with Crippen LogP contribution < -0.4 is 15.0 Å². The Morgan fingerprint density at radius 2 is 1.68 bits per heavy atom. The van der Waals surface area contributed by atoms with Crippen molar-refractivity contribution >= 4 is 29.4 Å². The summed E-state index contributed by atoms with van der Waals surface area (Å²) in [5.74, 6) is -0.962. The molecular weight excluding hydrogens is 489 g/mol. The van der Waals surface area contributed by atoms with E-state index >= 15 is 0 Å². The number of urea groups is 1. The molecule has 1 fully saturated rings. The number of amides is 4. The minimum atomic E-state index is -4.86. The molecule has 8 nitrogen and oxygen atoms in total. The lowest BCUT2D eigenvalue weighted by molar-refractivity contribution is -0.274. The second kappa shape index (κ2) is 9.92. The molecule has 4 amide bonds. The second-order valence-electron chi connectivity index (χ2n) is 8.87. The van der Waals surface area contributed by atoms with Crippen LogP contribution in [-0.4, -0.2) is 39.6 Å². The average Bonchev–Trinajstić information content (AvgIpc) is 2.99. The van der Waals surface area contributed by atoms with E-state index in [4.69, 9.17) is 0 Å². The van der Waals surface area contributed by atoms with Crippen molar-refractivity contribution in [2.75, 3.05) is 10.2 Å². The van der Waals surface area contributed by atoms with Gasteiger partial charge in [-0.15, -0.1) is 13.2 Å². The summed E-state index contributed by atoms with van der Waals surface area (Å²) < 4.78 is 41.2. The fourth-order valence-electron chi connectivity index (χ4n) is 3.92. The molecule has 3 aromatic rings. The Balaban J connectivity index is 1.48. The number of benzene rings is 2. The van der Waals surface area contributed by atoms with Crippen LogP contribution in [0.2, 0.25) is 0 Å². The fraction of sp³-hybridized carbons (Fsp3) is 0.231. The maximum absolute atomic E-state index is 13.3. The molecule has 2 aromatic carbocycles. The lowest BCUT2D eigenvalue weighted by atomic mass is 10.0. The minimum Gasteiger partial charge on any atom is -0.406 e. The van der Waals surface area contributed by atoms with Gasteiger partial charge in [-0.3, -0.25) is 9.59 Å². The number of alkyl halides is 3. The smallest absolute Gasteiger partial charge is 0.406 e. The quantitative estimate of drug-likeness (QED) is 0.455. The topological polar surface area (TPSA) is 91.8 Å². The predicted octanol–water partition coefficient (Wildman–Crippen LogP) is 4.91. The molecule has 2 heterocycles. The van der Waals surface area contributed by atoms with E-state index in [-0.39, 0.29) is 24.6 Å². The van der Waals surface area contributed by atoms with Gasteiger partial charge in [-0.05, 0) is 61.4 Å². The van der Waals surface area contributed by atoms with Gasteiger partial charge in [0.15, 0.2) is 0 Å². The van der Waals surface area contributed by atoms with Crippen LogP contribution in [0.1, 0.15) is 25.0 Å². The highest BCUT2D eigenvalue weighted by Crippen LogP contribution is 2.34. The van der Waals surface area contributed by atoms with Gasteiger partial charge < -0.3 is 15.0 Å². The predicted molar refractivity (Wildman–Crippen MR) is 129 cm³/mol. The summed E-state index contributed by atoms with van der Waals surface area (Å²) in [4.78, 5) is 45.2. The van der Waals surface area contributed by atoms with E-state index in [1.165, 1.54) is 23.2 Å². The van der Waals surface area contributed by atoms with E-state index in [1.54, 1.807) is 26.0 Å². The summed E-state index contributed by atoms with van der Waals surface area (Å²) in [6.07, 6.45) is -3.20. The van der Waals surface area contributed by atoms with E-state index in [2.05, 4.69) is 15.0 Å². The van der Waals surface area contributed by atoms with Crippen LogP contribution in [0, 0.1) is 0 Å². The number of nitrogens with one attached hydrogen (secondary N) is 1. The summed E-state index contributed by atoms with van der Waals surface area (Å²) >= 11 is 0. The summed E-state index contributed by atoms with van der Waals surface area (Å²) in [7, 11) is 0. The molecule has 1 N–H and O–H groups in total. The van der Waals surface area contributed by atoms with E-state index in [1.807, 2.05) is 30.3 Å². The van der Waals surface area contributed by atoms with Crippen molar-refractivity contribution in [2.45, 2.75) is 38.7 Å². The highest BCUT2D eigenvalue weighted by Gasteiger charge is 2.51. The average molecular weight is 512 g/mol. The van der Waals surface area contributed by atoms with Crippen molar-refractivity contribution in [3.8, 4) is 5.75 Å². The Hall–Kier alpha value is -4.41. The minimum absolute atomic E-state index is 0.0351. The fourth-order valence-corrected chi connectivity index (χ4v) is 3.92. The summed E-state index contributed by atoms with van der Waals surface area (Å²) in [6, 6.07) is 16.3. The van der Waals surface area contributed by atoms with E-state index in [0.29, 0.717) is 11.4 Å². The van der Waals surface area contributed by atoms with Crippen LogP contribution in [0.4, 0.5) is 29.5 Å². The van der Waals surface area contributed by atoms with Gasteiger partial charge in [0.1, 0.15) is 17.1 Å². The number of hydrogen-bond donors (Lipinski definition) is 1. The molecule has 0 aliphatic carbocycles. The first-order valence-electron chi connectivity index (χ1n) is 11.2. The second-order valence-corrected chi connectivity index (χ2v) is 8.87. The Morgan fingerprint density at radius 1 is 1.00 bits per heavy atom. The van der Waals surface area contributed by atoms with Gasteiger partial charge in [0.2, 0.25) is 5.91 Å². The number of anilines is 2. The van der Waals surface area contributed by atoms with Crippen LogP contribution in [0.15, 0.2) is 72.9 Å². The number of carbonyl (C=O) groups is 3. The lowest BCUT2D eigenvalue weighted by Gasteiger charge is -2.27. The molecule has 37 heavy (non-hydrogen) atoms. The lowest BCUT2D eigenvalue weighted by Crippen LogP contribution is -2.43. The van der Waals surface area contributed by atoms with Crippen LogP contribution in [-0.2, 0) is 22.6 Å². The third-order valence-corrected chi connectivity index (χ3v) is 5.79. The zero-order valence-corrected chi connectivity index (χ0v) is 20.0. The first-order valence-corrected chi connectivity index (χ1v) is 11.2. The molecule has 0 spiro atoms. The number of nitrogens with zero attached hydrogens (tertiary/aromatic N) is 3. The van der Waals surface area contributed by atoms with Gasteiger partial charge in [-0.1, -0.05) is 30.3 Å². The molecule has 0 atom stereocenters. The van der Waals surface area contributed by atoms with E-state index in [0.717, 1.165) is 22.6 Å². The number of hydrogen-bond acceptors (Lipinski definition) is 5. The molecule has 4 rings (SSSR count).